The standard InChI is InChI=1S/C8H8N2O3S2/c1-4-3-5-6(11)9-8(15(2,12)13)10-7(5)14-4/h3H,1-2H3,(H,9,10,11). The van der Waals surface area contributed by atoms with Crippen LogP contribution in [0.3, 0.4) is 0 Å². The Labute approximate surface area is 89.7 Å². The summed E-state index contributed by atoms with van der Waals surface area (Å²) in [6, 6.07) is 1.69. The molecule has 0 fully saturated rings. The Balaban J connectivity index is 2.90. The molecule has 0 radical (unpaired) electrons. The van der Waals surface area contributed by atoms with E-state index < -0.39 is 15.4 Å². The van der Waals surface area contributed by atoms with Gasteiger partial charge in [0.15, 0.2) is 0 Å². The second-order valence-electron chi connectivity index (χ2n) is 3.22. The molecular formula is C8H8N2O3S2. The van der Waals surface area contributed by atoms with Crippen molar-refractivity contribution >= 4 is 31.4 Å². The van der Waals surface area contributed by atoms with Gasteiger partial charge >= 0.3 is 0 Å². The predicted molar refractivity (Wildman–Crippen MR) is 58.1 cm³/mol. The molecule has 0 spiro atoms. The van der Waals surface area contributed by atoms with E-state index in [1.807, 2.05) is 6.92 Å². The number of rotatable bonds is 1. The second kappa shape index (κ2) is 3.14. The van der Waals surface area contributed by atoms with Gasteiger partial charge in [0.05, 0.1) is 5.39 Å². The molecule has 0 atom stereocenters. The summed E-state index contributed by atoms with van der Waals surface area (Å²) in [6.45, 7) is 1.84. The van der Waals surface area contributed by atoms with Gasteiger partial charge in [-0.2, -0.15) is 0 Å². The highest BCUT2D eigenvalue weighted by Crippen LogP contribution is 2.20. The fraction of sp³-hybridized carbons (Fsp3) is 0.250. The van der Waals surface area contributed by atoms with E-state index in [0.717, 1.165) is 11.1 Å². The number of thiophene rings is 1. The van der Waals surface area contributed by atoms with Gasteiger partial charge in [0.25, 0.3) is 5.56 Å². The Morgan fingerprint density at radius 1 is 1.47 bits per heavy atom. The highest BCUT2D eigenvalue weighted by Gasteiger charge is 2.13. The Kier molecular flexibility index (Phi) is 2.16. The maximum Gasteiger partial charge on any atom is 0.260 e. The minimum atomic E-state index is -3.47. The smallest absolute Gasteiger partial charge is 0.260 e. The van der Waals surface area contributed by atoms with E-state index >= 15 is 0 Å². The summed E-state index contributed by atoms with van der Waals surface area (Å²) in [6.07, 6.45) is 1.01. The normalized spacial score (nSPS) is 12.1. The van der Waals surface area contributed by atoms with E-state index in [2.05, 4.69) is 9.97 Å². The van der Waals surface area contributed by atoms with Gasteiger partial charge in [-0.15, -0.1) is 11.3 Å². The third kappa shape index (κ3) is 1.80. The van der Waals surface area contributed by atoms with Gasteiger partial charge in [-0.05, 0) is 13.0 Å². The number of nitrogens with zero attached hydrogens (tertiary/aromatic N) is 1. The largest absolute Gasteiger partial charge is 0.297 e. The Morgan fingerprint density at radius 3 is 2.73 bits per heavy atom. The van der Waals surface area contributed by atoms with Crippen molar-refractivity contribution < 1.29 is 8.42 Å². The van der Waals surface area contributed by atoms with E-state index in [0.29, 0.717) is 10.2 Å². The molecule has 0 amide bonds. The molecule has 2 aromatic heterocycles. The molecule has 15 heavy (non-hydrogen) atoms. The van der Waals surface area contributed by atoms with Crippen LogP contribution in [0.15, 0.2) is 16.0 Å². The van der Waals surface area contributed by atoms with Crippen LogP contribution in [0.4, 0.5) is 0 Å². The lowest BCUT2D eigenvalue weighted by molar-refractivity contribution is 0.593. The molecule has 2 aromatic rings. The van der Waals surface area contributed by atoms with Gasteiger partial charge in [0.2, 0.25) is 15.0 Å². The number of aromatic nitrogens is 2. The Bertz CT molecular complexity index is 681. The number of hydrogen-bond acceptors (Lipinski definition) is 5. The van der Waals surface area contributed by atoms with Crippen LogP contribution < -0.4 is 5.56 Å². The minimum Gasteiger partial charge on any atom is -0.297 e. The average Bonchev–Trinajstić information content (AvgIpc) is 2.44. The van der Waals surface area contributed by atoms with Crippen LogP contribution in [0, 0.1) is 6.92 Å². The number of aryl methyl sites for hydroxylation is 1. The van der Waals surface area contributed by atoms with Crippen molar-refractivity contribution in [3.05, 3.63) is 21.3 Å². The molecule has 5 nitrogen and oxygen atoms in total. The highest BCUT2D eigenvalue weighted by atomic mass is 32.2. The number of fused-ring (bicyclic) bond motifs is 1. The fourth-order valence-electron chi connectivity index (χ4n) is 1.21. The summed E-state index contributed by atoms with van der Waals surface area (Å²) in [4.78, 5) is 19.0. The summed E-state index contributed by atoms with van der Waals surface area (Å²) in [5, 5.41) is 0.159. The molecule has 0 unspecified atom stereocenters. The van der Waals surface area contributed by atoms with Crippen molar-refractivity contribution in [3.63, 3.8) is 0 Å². The number of nitrogens with one attached hydrogen (secondary N) is 1. The summed E-state index contributed by atoms with van der Waals surface area (Å²) in [5.41, 5.74) is -0.412. The number of hydrogen-bond donors (Lipinski definition) is 1. The molecule has 0 saturated carbocycles. The van der Waals surface area contributed by atoms with Crippen molar-refractivity contribution in [2.45, 2.75) is 12.1 Å². The van der Waals surface area contributed by atoms with Crippen molar-refractivity contribution in [1.29, 1.82) is 0 Å². The van der Waals surface area contributed by atoms with E-state index in [1.54, 1.807) is 6.07 Å². The third-order valence-electron chi connectivity index (χ3n) is 1.86. The monoisotopic (exact) mass is 244 g/mol. The molecular weight excluding hydrogens is 236 g/mol. The molecule has 0 aliphatic rings. The molecule has 2 heterocycles. The van der Waals surface area contributed by atoms with Crippen LogP contribution in [-0.4, -0.2) is 24.6 Å². The van der Waals surface area contributed by atoms with Gasteiger partial charge in [-0.1, -0.05) is 0 Å². The van der Waals surface area contributed by atoms with Crippen molar-refractivity contribution in [2.24, 2.45) is 0 Å². The lowest BCUT2D eigenvalue weighted by atomic mass is 10.4. The summed E-state index contributed by atoms with van der Waals surface area (Å²) >= 11 is 1.30. The quantitative estimate of drug-likeness (QED) is 0.749. The lowest BCUT2D eigenvalue weighted by Crippen LogP contribution is -2.13. The third-order valence-corrected chi connectivity index (χ3v) is 3.70. The van der Waals surface area contributed by atoms with Gasteiger partial charge in [0.1, 0.15) is 4.83 Å². The molecule has 2 rings (SSSR count). The Morgan fingerprint density at radius 2 is 2.13 bits per heavy atom. The van der Waals surface area contributed by atoms with Gasteiger partial charge in [-0.3, -0.25) is 9.78 Å². The van der Waals surface area contributed by atoms with Crippen molar-refractivity contribution in [1.82, 2.24) is 9.97 Å². The zero-order valence-corrected chi connectivity index (χ0v) is 9.70. The molecule has 1 N–H and O–H groups in total. The first-order valence-electron chi connectivity index (χ1n) is 4.08. The molecule has 0 aromatic carbocycles. The average molecular weight is 244 g/mol. The van der Waals surface area contributed by atoms with Gasteiger partial charge in [-0.25, -0.2) is 13.4 Å². The predicted octanol–water partition coefficient (Wildman–Crippen LogP) is 0.697. The lowest BCUT2D eigenvalue weighted by Gasteiger charge is -1.95. The number of sulfone groups is 1. The van der Waals surface area contributed by atoms with Crippen molar-refractivity contribution in [2.75, 3.05) is 6.26 Å². The van der Waals surface area contributed by atoms with Crippen LogP contribution in [0.5, 0.6) is 0 Å². The molecule has 0 aliphatic heterocycles. The van der Waals surface area contributed by atoms with Gasteiger partial charge < -0.3 is 0 Å². The van der Waals surface area contributed by atoms with E-state index in [1.165, 1.54) is 11.3 Å². The van der Waals surface area contributed by atoms with Crippen LogP contribution >= 0.6 is 11.3 Å². The number of H-pyrrole nitrogens is 1. The molecule has 7 heteroatoms. The molecule has 0 bridgehead atoms. The molecule has 80 valence electrons. The van der Waals surface area contributed by atoms with E-state index in [4.69, 9.17) is 0 Å². The second-order valence-corrected chi connectivity index (χ2v) is 6.38. The zero-order chi connectivity index (χ0) is 11.2. The fourth-order valence-corrected chi connectivity index (χ4v) is 2.68. The molecule has 0 saturated heterocycles. The van der Waals surface area contributed by atoms with E-state index in [-0.39, 0.29) is 5.16 Å². The SMILES string of the molecule is Cc1cc2c(=O)[nH]c(S(C)(=O)=O)nc2s1. The first-order valence-corrected chi connectivity index (χ1v) is 6.79. The van der Waals surface area contributed by atoms with Crippen LogP contribution in [0.2, 0.25) is 0 Å². The first kappa shape index (κ1) is 10.3. The van der Waals surface area contributed by atoms with Crippen LogP contribution in [-0.2, 0) is 9.84 Å². The van der Waals surface area contributed by atoms with Crippen LogP contribution in [0.25, 0.3) is 10.2 Å². The van der Waals surface area contributed by atoms with Crippen LogP contribution in [0.1, 0.15) is 4.88 Å². The Hall–Kier alpha value is -1.21. The summed E-state index contributed by atoms with van der Waals surface area (Å²) in [5.74, 6) is 0. The van der Waals surface area contributed by atoms with Crippen molar-refractivity contribution in [3.8, 4) is 0 Å². The topological polar surface area (TPSA) is 79.9 Å². The number of aromatic amines is 1. The summed E-state index contributed by atoms with van der Waals surface area (Å²) < 4.78 is 22.4. The minimum absolute atomic E-state index is 0.276. The summed E-state index contributed by atoms with van der Waals surface area (Å²) in [7, 11) is -3.47. The maximum absolute atomic E-state index is 11.5. The zero-order valence-electron chi connectivity index (χ0n) is 8.07. The first-order chi connectivity index (χ1) is 6.88. The highest BCUT2D eigenvalue weighted by molar-refractivity contribution is 7.90. The van der Waals surface area contributed by atoms with E-state index in [9.17, 15) is 13.2 Å². The maximum atomic E-state index is 11.5. The molecule has 0 aliphatic carbocycles. The van der Waals surface area contributed by atoms with Gasteiger partial charge in [0, 0.05) is 11.1 Å².